The number of hydrogen-bond acceptors (Lipinski definition) is 0. The predicted molar refractivity (Wildman–Crippen MR) is 28.9 cm³/mol. The van der Waals surface area contributed by atoms with Crippen molar-refractivity contribution in [1.29, 1.82) is 0 Å². The first-order valence-electron chi connectivity index (χ1n) is 3.14. The molecule has 1 saturated carbocycles. The van der Waals surface area contributed by atoms with Gasteiger partial charge in [0.25, 0.3) is 0 Å². The predicted octanol–water partition coefficient (Wildman–Crippen LogP) is 0.607. The highest BCUT2D eigenvalue weighted by atomic mass is 15.6. The van der Waals surface area contributed by atoms with Gasteiger partial charge in [-0.15, -0.1) is 0 Å². The highest BCUT2D eigenvalue weighted by Crippen LogP contribution is 2.57. The van der Waals surface area contributed by atoms with Crippen LogP contribution >= 0.6 is 0 Å². The summed E-state index contributed by atoms with van der Waals surface area (Å²) in [6.07, 6.45) is 1.53. The van der Waals surface area contributed by atoms with Gasteiger partial charge < -0.3 is 4.48 Å². The van der Waals surface area contributed by atoms with Crippen LogP contribution in [-0.4, -0.2) is 30.2 Å². The maximum atomic E-state index is 2.36. The van der Waals surface area contributed by atoms with Gasteiger partial charge in [-0.1, -0.05) is 0 Å². The molecular weight excluding hydrogens is 86.1 g/mol. The minimum absolute atomic E-state index is 1.12. The fraction of sp³-hybridized carbons (Fsp3) is 1.00. The number of rotatable bonds is 1. The maximum absolute atomic E-state index is 2.36. The SMILES string of the molecule is CC[N+]1(C)C2CC21. The molecule has 0 N–H and O–H groups in total. The Morgan fingerprint density at radius 1 is 1.57 bits per heavy atom. The van der Waals surface area contributed by atoms with Crippen LogP contribution in [0.15, 0.2) is 0 Å². The van der Waals surface area contributed by atoms with Crippen molar-refractivity contribution in [2.75, 3.05) is 13.6 Å². The van der Waals surface area contributed by atoms with Crippen LogP contribution in [0.1, 0.15) is 13.3 Å². The van der Waals surface area contributed by atoms with Crippen molar-refractivity contribution in [2.45, 2.75) is 25.4 Å². The van der Waals surface area contributed by atoms with E-state index < -0.39 is 0 Å². The van der Waals surface area contributed by atoms with Crippen LogP contribution in [0, 0.1) is 0 Å². The molecule has 1 aliphatic heterocycles. The van der Waals surface area contributed by atoms with Gasteiger partial charge in [-0.2, -0.15) is 0 Å². The van der Waals surface area contributed by atoms with Gasteiger partial charge in [-0.25, -0.2) is 0 Å². The number of hydrogen-bond donors (Lipinski definition) is 0. The smallest absolute Gasteiger partial charge is 0.148 e. The molecule has 0 aromatic heterocycles. The van der Waals surface area contributed by atoms with Crippen molar-refractivity contribution in [3.63, 3.8) is 0 Å². The Balaban J connectivity index is 2.06. The number of nitrogens with zero attached hydrogens (tertiary/aromatic N) is 1. The van der Waals surface area contributed by atoms with E-state index >= 15 is 0 Å². The quantitative estimate of drug-likeness (QED) is 0.333. The molecule has 2 rings (SSSR count). The molecule has 0 spiro atoms. The summed E-state index contributed by atoms with van der Waals surface area (Å²) in [7, 11) is 2.36. The number of likely N-dealkylation sites (tertiary alicyclic amines) is 1. The monoisotopic (exact) mass is 98.1 g/mol. The molecule has 0 bridgehead atoms. The van der Waals surface area contributed by atoms with Gasteiger partial charge in [0, 0.05) is 0 Å². The highest BCUT2D eigenvalue weighted by molar-refractivity contribution is 5.04. The summed E-state index contributed by atoms with van der Waals surface area (Å²) in [5.41, 5.74) is 0. The van der Waals surface area contributed by atoms with E-state index in [9.17, 15) is 0 Å². The molecule has 40 valence electrons. The molecule has 2 aliphatic rings. The Hall–Kier alpha value is -0.0400. The third-order valence-corrected chi connectivity index (χ3v) is 2.83. The van der Waals surface area contributed by atoms with Crippen molar-refractivity contribution in [3.05, 3.63) is 0 Å². The lowest BCUT2D eigenvalue weighted by atomic mass is 10.5. The minimum atomic E-state index is 1.12. The van der Waals surface area contributed by atoms with E-state index in [1.165, 1.54) is 17.4 Å². The third kappa shape index (κ3) is 0.260. The lowest BCUT2D eigenvalue weighted by molar-refractivity contribution is -0.828. The molecule has 7 heavy (non-hydrogen) atoms. The van der Waals surface area contributed by atoms with Crippen molar-refractivity contribution in [3.8, 4) is 0 Å². The molecule has 1 heterocycles. The Kier molecular flexibility index (Phi) is 0.419. The maximum Gasteiger partial charge on any atom is 0.148 e. The average molecular weight is 98.2 g/mol. The zero-order valence-electron chi connectivity index (χ0n) is 5.02. The van der Waals surface area contributed by atoms with Crippen molar-refractivity contribution >= 4 is 0 Å². The van der Waals surface area contributed by atoms with Gasteiger partial charge in [0.15, 0.2) is 0 Å². The van der Waals surface area contributed by atoms with Gasteiger partial charge in [0.1, 0.15) is 12.1 Å². The van der Waals surface area contributed by atoms with Crippen LogP contribution in [0.3, 0.4) is 0 Å². The zero-order chi connectivity index (χ0) is 5.07. The van der Waals surface area contributed by atoms with Crippen LogP contribution < -0.4 is 0 Å². The molecule has 0 aromatic rings. The Labute approximate surface area is 44.5 Å². The number of fused-ring (bicyclic) bond motifs is 1. The van der Waals surface area contributed by atoms with Gasteiger partial charge >= 0.3 is 0 Å². The van der Waals surface area contributed by atoms with Crippen LogP contribution in [-0.2, 0) is 0 Å². The largest absolute Gasteiger partial charge is 0.311 e. The van der Waals surface area contributed by atoms with E-state index in [0.717, 1.165) is 12.1 Å². The second-order valence-electron chi connectivity index (χ2n) is 3.03. The molecular formula is C6H12N+. The molecule has 1 heteroatoms. The first-order valence-corrected chi connectivity index (χ1v) is 3.14. The molecule has 0 aromatic carbocycles. The highest BCUT2D eigenvalue weighted by Gasteiger charge is 2.77. The lowest BCUT2D eigenvalue weighted by Crippen LogP contribution is -2.29. The Morgan fingerprint density at radius 2 is 2.14 bits per heavy atom. The average Bonchev–Trinajstić information content (AvgIpc) is 2.46. The summed E-state index contributed by atoms with van der Waals surface area (Å²) in [4.78, 5) is 0. The topological polar surface area (TPSA) is 0 Å². The van der Waals surface area contributed by atoms with Gasteiger partial charge in [-0.3, -0.25) is 0 Å². The molecule has 2 atom stereocenters. The lowest BCUT2D eigenvalue weighted by Gasteiger charge is -2.16. The molecule has 2 fully saturated rings. The summed E-state index contributed by atoms with van der Waals surface area (Å²) in [6, 6.07) is 2.23. The van der Waals surface area contributed by atoms with E-state index in [0.29, 0.717) is 0 Å². The van der Waals surface area contributed by atoms with Gasteiger partial charge in [0.05, 0.1) is 20.0 Å². The summed E-state index contributed by atoms with van der Waals surface area (Å²) >= 11 is 0. The first kappa shape index (κ1) is 3.90. The van der Waals surface area contributed by atoms with E-state index in [2.05, 4.69) is 14.0 Å². The fourth-order valence-electron chi connectivity index (χ4n) is 1.65. The summed E-state index contributed by atoms with van der Waals surface area (Å²) in [5, 5.41) is 0. The molecule has 1 nitrogen and oxygen atoms in total. The van der Waals surface area contributed by atoms with Crippen LogP contribution in [0.25, 0.3) is 0 Å². The zero-order valence-corrected chi connectivity index (χ0v) is 5.02. The van der Waals surface area contributed by atoms with Gasteiger partial charge in [0.2, 0.25) is 0 Å². The minimum Gasteiger partial charge on any atom is -0.311 e. The third-order valence-electron chi connectivity index (χ3n) is 2.83. The molecule has 1 aliphatic carbocycles. The van der Waals surface area contributed by atoms with Gasteiger partial charge in [-0.05, 0) is 6.92 Å². The Morgan fingerprint density at radius 3 is 2.14 bits per heavy atom. The number of likely N-dealkylation sites (N-methyl/N-ethyl adjacent to an activating group) is 1. The van der Waals surface area contributed by atoms with E-state index in [1.807, 2.05) is 0 Å². The van der Waals surface area contributed by atoms with E-state index in [-0.39, 0.29) is 0 Å². The molecule has 0 amide bonds. The van der Waals surface area contributed by atoms with Crippen LogP contribution in [0.5, 0.6) is 0 Å². The van der Waals surface area contributed by atoms with Crippen molar-refractivity contribution in [1.82, 2.24) is 0 Å². The first-order chi connectivity index (χ1) is 3.29. The van der Waals surface area contributed by atoms with E-state index in [4.69, 9.17) is 0 Å². The second kappa shape index (κ2) is 0.752. The second-order valence-corrected chi connectivity index (χ2v) is 3.03. The normalized spacial score (nSPS) is 64.3. The molecule has 1 saturated heterocycles. The summed E-state index contributed by atoms with van der Waals surface area (Å²) in [6.45, 7) is 3.64. The Bertz CT molecular complexity index is 101. The summed E-state index contributed by atoms with van der Waals surface area (Å²) in [5.74, 6) is 0. The fourth-order valence-corrected chi connectivity index (χ4v) is 1.65. The molecule has 2 unspecified atom stereocenters. The standard InChI is InChI=1S/C6H12N/c1-3-7(2)5-4-6(5)7/h5-6H,3-4H2,1-2H3/q+1. The molecule has 0 radical (unpaired) electrons. The van der Waals surface area contributed by atoms with Crippen LogP contribution in [0.4, 0.5) is 0 Å². The number of quaternary nitrogens is 1. The van der Waals surface area contributed by atoms with E-state index in [1.54, 1.807) is 0 Å². The summed E-state index contributed by atoms with van der Waals surface area (Å²) < 4.78 is 1.40. The van der Waals surface area contributed by atoms with Crippen LogP contribution in [0.2, 0.25) is 0 Å². The van der Waals surface area contributed by atoms with Crippen molar-refractivity contribution < 1.29 is 4.48 Å². The van der Waals surface area contributed by atoms with Crippen molar-refractivity contribution in [2.24, 2.45) is 0 Å².